The lowest BCUT2D eigenvalue weighted by molar-refractivity contribution is -0.140. The number of nitrogens with zero attached hydrogens (tertiary/aromatic N) is 2. The number of urea groups is 1. The zero-order chi connectivity index (χ0) is 61.9. The average Bonchev–Trinajstić information content (AvgIpc) is 3.96. The molecule has 84 heavy (non-hydrogen) atoms. The minimum absolute atomic E-state index is 0.00231. The van der Waals surface area contributed by atoms with Gasteiger partial charge in [0.15, 0.2) is 6.10 Å². The summed E-state index contributed by atoms with van der Waals surface area (Å²) in [6, 6.07) is 3.98. The van der Waals surface area contributed by atoms with E-state index in [0.29, 0.717) is 45.6 Å². The Morgan fingerprint density at radius 1 is 0.833 bits per heavy atom. The van der Waals surface area contributed by atoms with E-state index in [1.165, 1.54) is 23.9 Å². The highest BCUT2D eigenvalue weighted by atomic mass is 32.2. The lowest BCUT2D eigenvalue weighted by Gasteiger charge is -2.32. The average molecular weight is 1190 g/mol. The number of carbonyl (C=O) groups is 11. The van der Waals surface area contributed by atoms with E-state index in [9.17, 15) is 52.7 Å². The molecule has 28 nitrogen and oxygen atoms in total. The first-order valence-electron chi connectivity index (χ1n) is 27.8. The molecule has 0 saturated heterocycles. The zero-order valence-electron chi connectivity index (χ0n) is 48.6. The number of amides is 12. The third kappa shape index (κ3) is 19.7. The van der Waals surface area contributed by atoms with Crippen molar-refractivity contribution in [2.24, 2.45) is 29.0 Å². The number of carbonyl (C=O) groups excluding carboxylic acids is 11. The Balaban J connectivity index is 1.30. The monoisotopic (exact) mass is 1190 g/mol. The van der Waals surface area contributed by atoms with Crippen molar-refractivity contribution in [2.75, 3.05) is 57.9 Å². The second kappa shape index (κ2) is 31.5. The minimum atomic E-state index is -1.64. The summed E-state index contributed by atoms with van der Waals surface area (Å²) in [6.45, 7) is 9.89. The maximum Gasteiger partial charge on any atom is 0.409 e. The molecule has 16 N–H and O–H groups in total. The van der Waals surface area contributed by atoms with Gasteiger partial charge in [0.25, 0.3) is 5.91 Å². The topological polar surface area (TPSA) is 415 Å². The van der Waals surface area contributed by atoms with Gasteiger partial charge in [-0.1, -0.05) is 60.1 Å². The molecule has 3 heterocycles. The smallest absolute Gasteiger partial charge is 0.409 e. The molecule has 29 heteroatoms. The van der Waals surface area contributed by atoms with Crippen molar-refractivity contribution in [3.05, 3.63) is 53.6 Å². The molecule has 460 valence electrons. The lowest BCUT2D eigenvalue weighted by atomic mass is 9.98. The molecule has 2 aliphatic rings. The van der Waals surface area contributed by atoms with Crippen LogP contribution in [0.2, 0.25) is 0 Å². The number of hydrogen-bond donors (Lipinski definition) is 13. The molecule has 0 fully saturated rings. The number of anilines is 1. The number of benzene rings is 2. The van der Waals surface area contributed by atoms with Crippen LogP contribution < -0.4 is 69.8 Å². The van der Waals surface area contributed by atoms with Gasteiger partial charge in [0, 0.05) is 62.7 Å². The first kappa shape index (κ1) is 66.6. The van der Waals surface area contributed by atoms with Crippen LogP contribution in [0.4, 0.5) is 15.3 Å². The molecular weight excluding hydrogens is 1110 g/mol. The number of fused-ring (bicyclic) bond motifs is 4. The van der Waals surface area contributed by atoms with Crippen molar-refractivity contribution in [1.29, 1.82) is 0 Å². The Morgan fingerprint density at radius 3 is 2.14 bits per heavy atom. The van der Waals surface area contributed by atoms with Crippen LogP contribution in [0, 0.1) is 11.8 Å². The van der Waals surface area contributed by atoms with Gasteiger partial charge in [0.05, 0.1) is 48.2 Å². The third-order valence-corrected chi connectivity index (χ3v) is 15.2. The molecule has 2 aromatic carbocycles. The fraction of sp³-hybridized carbons (Fsp3) is 0.545. The quantitative estimate of drug-likeness (QED) is 0.0577. The Kier molecular flexibility index (Phi) is 25.0. The van der Waals surface area contributed by atoms with Gasteiger partial charge < -0.3 is 89.3 Å². The summed E-state index contributed by atoms with van der Waals surface area (Å²) in [5.74, 6) is -6.65. The number of ether oxygens (including phenoxy) is 2. The highest BCUT2D eigenvalue weighted by Gasteiger charge is 2.38. The van der Waals surface area contributed by atoms with Crippen molar-refractivity contribution >= 4 is 93.6 Å². The lowest BCUT2D eigenvalue weighted by Crippen LogP contribution is -2.59. The summed E-state index contributed by atoms with van der Waals surface area (Å²) in [6.07, 6.45) is -2.04. The number of nitrogens with one attached hydrogen (secondary N) is 10. The van der Waals surface area contributed by atoms with Crippen LogP contribution in [-0.4, -0.2) is 181 Å². The fourth-order valence-electron chi connectivity index (χ4n) is 9.07. The van der Waals surface area contributed by atoms with Crippen LogP contribution >= 0.6 is 11.8 Å². The number of aromatic amines is 1. The molecule has 1 aromatic heterocycles. The van der Waals surface area contributed by atoms with Gasteiger partial charge in [0.2, 0.25) is 47.3 Å². The summed E-state index contributed by atoms with van der Waals surface area (Å²) < 4.78 is 11.9. The van der Waals surface area contributed by atoms with E-state index < -0.39 is 127 Å². The SMILES string of the molecule is CC[C@H](C)[C@@H]1NC(=O)CNC(=O)[C@@H](N)Cc2c3[nH]c4cc(ccc24)OC(C(=O)N(C)CCN(C)C(=O)OCc2ccc(NC(=O)[C@H](CCCNC(N)=O)NC(=O)[C@@H](NC(C)C)C(C)C)cc2)[C@H](CC(N)=O)NC(=O)[C@H](CS3)NC(=O)CNC1=O. The molecule has 12 amide bonds. The van der Waals surface area contributed by atoms with Crippen molar-refractivity contribution in [2.45, 2.75) is 134 Å². The van der Waals surface area contributed by atoms with E-state index in [-0.39, 0.29) is 68.5 Å². The zero-order valence-corrected chi connectivity index (χ0v) is 49.5. The number of rotatable bonds is 21. The van der Waals surface area contributed by atoms with Gasteiger partial charge in [-0.15, -0.1) is 11.8 Å². The van der Waals surface area contributed by atoms with E-state index in [1.54, 1.807) is 49.4 Å². The normalized spacial score (nSPS) is 20.0. The summed E-state index contributed by atoms with van der Waals surface area (Å²) in [5, 5.41) is 25.4. The number of primary amides is 2. The van der Waals surface area contributed by atoms with E-state index in [4.69, 9.17) is 26.7 Å². The molecule has 3 aromatic rings. The van der Waals surface area contributed by atoms with E-state index in [1.807, 2.05) is 34.6 Å². The van der Waals surface area contributed by atoms with Crippen LogP contribution in [-0.2, 0) is 60.9 Å². The van der Waals surface area contributed by atoms with Crippen LogP contribution in [0.15, 0.2) is 47.5 Å². The summed E-state index contributed by atoms with van der Waals surface area (Å²) in [7, 11) is 2.88. The van der Waals surface area contributed by atoms with Crippen LogP contribution in [0.3, 0.4) is 0 Å². The molecule has 0 spiro atoms. The highest BCUT2D eigenvalue weighted by Crippen LogP contribution is 2.34. The molecule has 0 saturated carbocycles. The number of aromatic nitrogens is 1. The van der Waals surface area contributed by atoms with Crippen LogP contribution in [0.5, 0.6) is 5.75 Å². The van der Waals surface area contributed by atoms with E-state index >= 15 is 0 Å². The first-order chi connectivity index (χ1) is 39.7. The first-order valence-corrected chi connectivity index (χ1v) is 28.8. The number of hydrogen-bond acceptors (Lipinski definition) is 16. The number of thioether (sulfide) groups is 1. The van der Waals surface area contributed by atoms with Gasteiger partial charge in [-0.2, -0.15) is 0 Å². The highest BCUT2D eigenvalue weighted by molar-refractivity contribution is 7.99. The van der Waals surface area contributed by atoms with E-state index in [2.05, 4.69) is 52.8 Å². The van der Waals surface area contributed by atoms with Crippen LogP contribution in [0.25, 0.3) is 10.9 Å². The van der Waals surface area contributed by atoms with E-state index in [0.717, 1.165) is 11.8 Å². The maximum absolute atomic E-state index is 14.6. The Bertz CT molecular complexity index is 2870. The van der Waals surface area contributed by atoms with Crippen molar-refractivity contribution < 1.29 is 62.2 Å². The number of H-pyrrole nitrogens is 1. The number of likely N-dealkylation sites (N-methyl/N-ethyl adjacent to an activating group) is 2. The minimum Gasteiger partial charge on any atom is -0.478 e. The predicted octanol–water partition coefficient (Wildman–Crippen LogP) is -0.866. The van der Waals surface area contributed by atoms with Gasteiger partial charge >= 0.3 is 12.1 Å². The van der Waals surface area contributed by atoms with Crippen molar-refractivity contribution in [3.63, 3.8) is 0 Å². The summed E-state index contributed by atoms with van der Waals surface area (Å²) in [5.41, 5.74) is 19.3. The second-order valence-corrected chi connectivity index (χ2v) is 22.6. The summed E-state index contributed by atoms with van der Waals surface area (Å²) in [4.78, 5) is 152. The molecule has 4 bridgehead atoms. The Hall–Kier alpha value is -8.18. The standard InChI is InChI=1S/C55H81N15O13S/c1-9-30(6)45-50(77)61-24-42(72)64-40-27-84-52-35(22-36(56)47(74)60-25-43(73)68-45)34-17-16-33(21-38(34)67-52)83-46(39(23-41(57)71)66-49(40)76)53(79)69(7)19-20-70(8)55(81)82-26-31-12-14-32(15-13-31)63-48(75)37(11-10-18-59-54(58)80)65-51(78)44(28(2)3)62-29(4)5/h12-17,21,28-30,36-37,39-40,44-46,62,67H,9-11,18-20,22-27,56H2,1-8H3,(H2,57,71)(H,60,74)(H,61,77)(H,63,75)(H,64,72)(H,65,78)(H,66,76)(H,68,73)(H3,58,59,80)/t30-,36-,37-,39-,40-,44-,45-,46?/m0/s1. The number of nitrogens with two attached hydrogens (primary N) is 3. The molecule has 8 atom stereocenters. The molecule has 0 radical (unpaired) electrons. The maximum atomic E-state index is 14.6. The van der Waals surface area contributed by atoms with Crippen molar-refractivity contribution in [3.8, 4) is 5.75 Å². The summed E-state index contributed by atoms with van der Waals surface area (Å²) >= 11 is 1.11. The molecule has 5 rings (SSSR count). The van der Waals surface area contributed by atoms with Gasteiger partial charge in [0.1, 0.15) is 30.5 Å². The Labute approximate surface area is 491 Å². The van der Waals surface area contributed by atoms with Gasteiger partial charge in [-0.3, -0.25) is 43.2 Å². The molecular formula is C55H81N15O13S. The van der Waals surface area contributed by atoms with Crippen molar-refractivity contribution in [1.82, 2.24) is 57.3 Å². The van der Waals surface area contributed by atoms with Gasteiger partial charge in [-0.05, 0) is 66.5 Å². The fourth-order valence-corrected chi connectivity index (χ4v) is 10.2. The third-order valence-electron chi connectivity index (χ3n) is 14.0. The Morgan fingerprint density at radius 2 is 1.50 bits per heavy atom. The molecule has 2 aliphatic heterocycles. The largest absolute Gasteiger partial charge is 0.478 e. The molecule has 0 aliphatic carbocycles. The second-order valence-electron chi connectivity index (χ2n) is 21.5. The van der Waals surface area contributed by atoms with Crippen LogP contribution in [0.1, 0.15) is 78.4 Å². The molecule has 1 unspecified atom stereocenters. The predicted molar refractivity (Wildman–Crippen MR) is 311 cm³/mol. The van der Waals surface area contributed by atoms with Gasteiger partial charge in [-0.25, -0.2) is 9.59 Å².